The second kappa shape index (κ2) is 6.24. The third-order valence-electron chi connectivity index (χ3n) is 4.52. The highest BCUT2D eigenvalue weighted by molar-refractivity contribution is 5.28. The van der Waals surface area contributed by atoms with Crippen molar-refractivity contribution in [2.75, 3.05) is 26.3 Å². The molecule has 112 valence electrons. The molecule has 1 aromatic rings. The van der Waals surface area contributed by atoms with E-state index in [4.69, 9.17) is 4.74 Å². The van der Waals surface area contributed by atoms with Gasteiger partial charge in [0.15, 0.2) is 0 Å². The van der Waals surface area contributed by atoms with Gasteiger partial charge in [0.05, 0.1) is 18.9 Å². The predicted molar refractivity (Wildman–Crippen MR) is 76.3 cm³/mol. The normalized spacial score (nSPS) is 23.8. The second-order valence-corrected chi connectivity index (χ2v) is 5.91. The standard InChI is InChI=1S/C15H25N3O2/c1-2-18-15-5-6-17(8-12-4-3-7-20-11-12)9-13(15)14(10-19)16-18/h12,19H,2-11H2,1H3/t12-/m0/s1. The first-order chi connectivity index (χ1) is 9.81. The molecule has 0 saturated carbocycles. The maximum atomic E-state index is 9.50. The zero-order valence-electron chi connectivity index (χ0n) is 12.3. The Morgan fingerprint density at radius 2 is 2.35 bits per heavy atom. The van der Waals surface area contributed by atoms with Gasteiger partial charge >= 0.3 is 0 Å². The monoisotopic (exact) mass is 279 g/mol. The smallest absolute Gasteiger partial charge is 0.0926 e. The van der Waals surface area contributed by atoms with Gasteiger partial charge in [-0.15, -0.1) is 0 Å². The first kappa shape index (κ1) is 14.0. The number of aryl methyl sites for hydroxylation is 1. The maximum absolute atomic E-state index is 9.50. The van der Waals surface area contributed by atoms with E-state index in [1.54, 1.807) is 0 Å². The highest BCUT2D eigenvalue weighted by Gasteiger charge is 2.26. The van der Waals surface area contributed by atoms with E-state index in [0.29, 0.717) is 5.92 Å². The summed E-state index contributed by atoms with van der Waals surface area (Å²) in [7, 11) is 0. The fourth-order valence-corrected chi connectivity index (χ4v) is 3.48. The van der Waals surface area contributed by atoms with Crippen LogP contribution in [0.25, 0.3) is 0 Å². The molecule has 5 nitrogen and oxygen atoms in total. The van der Waals surface area contributed by atoms with Gasteiger partial charge in [-0.1, -0.05) is 0 Å². The van der Waals surface area contributed by atoms with Crippen LogP contribution >= 0.6 is 0 Å². The molecule has 1 aromatic heterocycles. The predicted octanol–water partition coefficient (Wildman–Crippen LogP) is 1.18. The van der Waals surface area contributed by atoms with Crippen LogP contribution in [0.5, 0.6) is 0 Å². The molecular weight excluding hydrogens is 254 g/mol. The van der Waals surface area contributed by atoms with E-state index in [1.807, 2.05) is 0 Å². The van der Waals surface area contributed by atoms with Crippen molar-refractivity contribution in [3.8, 4) is 0 Å². The largest absolute Gasteiger partial charge is 0.390 e. The van der Waals surface area contributed by atoms with E-state index in [2.05, 4.69) is 21.6 Å². The maximum Gasteiger partial charge on any atom is 0.0926 e. The van der Waals surface area contributed by atoms with Crippen molar-refractivity contribution in [1.29, 1.82) is 0 Å². The lowest BCUT2D eigenvalue weighted by molar-refractivity contribution is 0.0362. The molecule has 0 radical (unpaired) electrons. The number of aliphatic hydroxyl groups excluding tert-OH is 1. The summed E-state index contributed by atoms with van der Waals surface area (Å²) in [6.07, 6.45) is 3.52. The van der Waals surface area contributed by atoms with Gasteiger partial charge in [0, 0.05) is 50.5 Å². The molecule has 0 unspecified atom stereocenters. The number of aliphatic hydroxyl groups is 1. The lowest BCUT2D eigenvalue weighted by atomic mass is 9.99. The van der Waals surface area contributed by atoms with Crippen LogP contribution in [0.1, 0.15) is 36.7 Å². The van der Waals surface area contributed by atoms with E-state index in [9.17, 15) is 5.11 Å². The minimum absolute atomic E-state index is 0.0513. The van der Waals surface area contributed by atoms with Crippen molar-refractivity contribution in [3.63, 3.8) is 0 Å². The number of aromatic nitrogens is 2. The molecule has 0 spiro atoms. The first-order valence-electron chi connectivity index (χ1n) is 7.80. The number of rotatable bonds is 4. The summed E-state index contributed by atoms with van der Waals surface area (Å²) in [5.41, 5.74) is 3.46. The quantitative estimate of drug-likeness (QED) is 0.899. The molecular formula is C15H25N3O2. The third-order valence-corrected chi connectivity index (χ3v) is 4.52. The van der Waals surface area contributed by atoms with Crippen molar-refractivity contribution in [1.82, 2.24) is 14.7 Å². The zero-order chi connectivity index (χ0) is 13.9. The molecule has 2 aliphatic rings. The van der Waals surface area contributed by atoms with Crippen molar-refractivity contribution in [2.24, 2.45) is 5.92 Å². The van der Waals surface area contributed by atoms with Crippen LogP contribution in [0.4, 0.5) is 0 Å². The summed E-state index contributed by atoms with van der Waals surface area (Å²) in [6, 6.07) is 0. The average Bonchev–Trinajstić information content (AvgIpc) is 2.85. The molecule has 0 aliphatic carbocycles. The van der Waals surface area contributed by atoms with E-state index < -0.39 is 0 Å². The van der Waals surface area contributed by atoms with Crippen molar-refractivity contribution < 1.29 is 9.84 Å². The van der Waals surface area contributed by atoms with Crippen LogP contribution in [0, 0.1) is 5.92 Å². The number of nitrogens with zero attached hydrogens (tertiary/aromatic N) is 3. The molecule has 0 aromatic carbocycles. The Kier molecular flexibility index (Phi) is 4.38. The van der Waals surface area contributed by atoms with Crippen LogP contribution < -0.4 is 0 Å². The molecule has 0 bridgehead atoms. The van der Waals surface area contributed by atoms with Crippen molar-refractivity contribution >= 4 is 0 Å². The minimum atomic E-state index is 0.0513. The lowest BCUT2D eigenvalue weighted by Gasteiger charge is -2.32. The van der Waals surface area contributed by atoms with Gasteiger partial charge < -0.3 is 9.84 Å². The molecule has 3 heterocycles. The summed E-state index contributed by atoms with van der Waals surface area (Å²) in [4.78, 5) is 2.50. The highest BCUT2D eigenvalue weighted by Crippen LogP contribution is 2.25. The molecule has 0 amide bonds. The van der Waals surface area contributed by atoms with Gasteiger partial charge in [0.2, 0.25) is 0 Å². The molecule has 3 rings (SSSR count). The summed E-state index contributed by atoms with van der Waals surface area (Å²) in [5, 5.41) is 14.0. The topological polar surface area (TPSA) is 50.5 Å². The number of fused-ring (bicyclic) bond motifs is 1. The van der Waals surface area contributed by atoms with E-state index in [1.165, 1.54) is 24.1 Å². The molecule has 1 N–H and O–H groups in total. The molecule has 1 atom stereocenters. The van der Waals surface area contributed by atoms with Crippen molar-refractivity contribution in [3.05, 3.63) is 17.0 Å². The van der Waals surface area contributed by atoms with Crippen LogP contribution in [0.15, 0.2) is 0 Å². The Morgan fingerprint density at radius 3 is 3.05 bits per heavy atom. The van der Waals surface area contributed by atoms with Gasteiger partial charge in [0.1, 0.15) is 0 Å². The Hall–Kier alpha value is -0.910. The number of hydrogen-bond donors (Lipinski definition) is 1. The summed E-state index contributed by atoms with van der Waals surface area (Å²) >= 11 is 0. The third kappa shape index (κ3) is 2.75. The molecule has 1 saturated heterocycles. The highest BCUT2D eigenvalue weighted by atomic mass is 16.5. The number of hydrogen-bond acceptors (Lipinski definition) is 4. The lowest BCUT2D eigenvalue weighted by Crippen LogP contribution is -2.37. The van der Waals surface area contributed by atoms with Crippen molar-refractivity contribution in [2.45, 2.75) is 45.9 Å². The molecule has 2 aliphatic heterocycles. The van der Waals surface area contributed by atoms with Gasteiger partial charge in [-0.25, -0.2) is 0 Å². The summed E-state index contributed by atoms with van der Waals surface area (Å²) in [5.74, 6) is 0.670. The Labute approximate surface area is 120 Å². The fraction of sp³-hybridized carbons (Fsp3) is 0.800. The zero-order valence-corrected chi connectivity index (χ0v) is 12.3. The number of ether oxygens (including phenoxy) is 1. The molecule has 20 heavy (non-hydrogen) atoms. The van der Waals surface area contributed by atoms with Crippen LogP contribution in [-0.2, 0) is 30.9 Å². The Bertz CT molecular complexity index is 452. The van der Waals surface area contributed by atoms with E-state index >= 15 is 0 Å². The Balaban J connectivity index is 1.69. The van der Waals surface area contributed by atoms with Crippen LogP contribution in [0.3, 0.4) is 0 Å². The summed E-state index contributed by atoms with van der Waals surface area (Å²) < 4.78 is 7.63. The Morgan fingerprint density at radius 1 is 1.45 bits per heavy atom. The van der Waals surface area contributed by atoms with E-state index in [0.717, 1.165) is 51.5 Å². The van der Waals surface area contributed by atoms with Gasteiger partial charge in [-0.3, -0.25) is 9.58 Å². The summed E-state index contributed by atoms with van der Waals surface area (Å²) in [6.45, 7) is 8.03. The first-order valence-corrected chi connectivity index (χ1v) is 7.80. The van der Waals surface area contributed by atoms with E-state index in [-0.39, 0.29) is 6.61 Å². The van der Waals surface area contributed by atoms with Crippen LogP contribution in [0.2, 0.25) is 0 Å². The second-order valence-electron chi connectivity index (χ2n) is 5.91. The van der Waals surface area contributed by atoms with Gasteiger partial charge in [0.25, 0.3) is 0 Å². The SMILES string of the molecule is CCn1nc(CO)c2c1CCN(C[C@@H]1CCCOC1)C2. The molecule has 5 heteroatoms. The minimum Gasteiger partial charge on any atom is -0.390 e. The average molecular weight is 279 g/mol. The van der Waals surface area contributed by atoms with Gasteiger partial charge in [-0.05, 0) is 25.7 Å². The van der Waals surface area contributed by atoms with Gasteiger partial charge in [-0.2, -0.15) is 5.10 Å². The van der Waals surface area contributed by atoms with Crippen LogP contribution in [-0.4, -0.2) is 46.1 Å². The fourth-order valence-electron chi connectivity index (χ4n) is 3.48. The molecule has 1 fully saturated rings.